The molecule has 2 bridgehead atoms. The monoisotopic (exact) mass is 376 g/mol. The first kappa shape index (κ1) is 16.8. The van der Waals surface area contributed by atoms with Gasteiger partial charge in [-0.25, -0.2) is 13.6 Å². The van der Waals surface area contributed by atoms with Crippen LogP contribution in [-0.2, 0) is 4.74 Å². The van der Waals surface area contributed by atoms with Gasteiger partial charge in [0.2, 0.25) is 0 Å². The van der Waals surface area contributed by atoms with Crippen LogP contribution in [-0.4, -0.2) is 11.1 Å². The minimum Gasteiger partial charge on any atom is -0.478 e. The third kappa shape index (κ3) is 2.26. The number of fused-ring (bicyclic) bond motifs is 8. The average molecular weight is 376 g/mol. The molecule has 5 rings (SSSR count). The highest BCUT2D eigenvalue weighted by Gasteiger charge is 2.43. The van der Waals surface area contributed by atoms with Crippen LogP contribution >= 0.6 is 0 Å². The zero-order valence-corrected chi connectivity index (χ0v) is 14.6. The van der Waals surface area contributed by atoms with Crippen LogP contribution < -0.4 is 0 Å². The van der Waals surface area contributed by atoms with Crippen molar-refractivity contribution < 1.29 is 23.4 Å². The van der Waals surface area contributed by atoms with Crippen LogP contribution in [0.5, 0.6) is 0 Å². The number of ether oxygens (including phenoxy) is 1. The standard InChI is InChI=1S/C23H14F2O3/c1-2-11-7-18-19(10-16(11)14-6-4-13(24)9-20(14)25)21-15-5-3-12(23(26)27)8-17(15)22(18)28-21/h2-10,21-22H,1H2,(H,26,27). The van der Waals surface area contributed by atoms with E-state index in [0.717, 1.165) is 28.3 Å². The van der Waals surface area contributed by atoms with E-state index in [1.807, 2.05) is 12.1 Å². The maximum absolute atomic E-state index is 14.4. The summed E-state index contributed by atoms with van der Waals surface area (Å²) in [4.78, 5) is 11.3. The molecule has 0 radical (unpaired) electrons. The molecule has 2 heterocycles. The third-order valence-electron chi connectivity index (χ3n) is 5.43. The van der Waals surface area contributed by atoms with Crippen LogP contribution in [0.15, 0.2) is 55.1 Å². The van der Waals surface area contributed by atoms with Gasteiger partial charge in [-0.2, -0.15) is 0 Å². The van der Waals surface area contributed by atoms with Crippen molar-refractivity contribution >= 4 is 12.0 Å². The fourth-order valence-corrected chi connectivity index (χ4v) is 4.15. The molecule has 0 aliphatic carbocycles. The molecule has 138 valence electrons. The van der Waals surface area contributed by atoms with Crippen molar-refractivity contribution in [2.24, 2.45) is 0 Å². The summed E-state index contributed by atoms with van der Waals surface area (Å²) < 4.78 is 33.8. The normalized spacial score (nSPS) is 18.6. The van der Waals surface area contributed by atoms with E-state index in [4.69, 9.17) is 4.74 Å². The summed E-state index contributed by atoms with van der Waals surface area (Å²) in [5, 5.41) is 9.26. The summed E-state index contributed by atoms with van der Waals surface area (Å²) in [6, 6.07) is 12.2. The summed E-state index contributed by atoms with van der Waals surface area (Å²) in [5.74, 6) is -2.26. The van der Waals surface area contributed by atoms with Gasteiger partial charge in [-0.05, 0) is 69.8 Å². The largest absolute Gasteiger partial charge is 0.478 e. The molecule has 0 amide bonds. The lowest BCUT2D eigenvalue weighted by Crippen LogP contribution is -2.07. The topological polar surface area (TPSA) is 46.5 Å². The molecule has 0 saturated carbocycles. The van der Waals surface area contributed by atoms with Gasteiger partial charge in [-0.15, -0.1) is 0 Å². The van der Waals surface area contributed by atoms with Crippen LogP contribution in [0.1, 0.15) is 50.4 Å². The highest BCUT2D eigenvalue weighted by molar-refractivity contribution is 5.88. The first-order valence-corrected chi connectivity index (χ1v) is 8.76. The van der Waals surface area contributed by atoms with Crippen LogP contribution in [0, 0.1) is 11.6 Å². The number of halogens is 2. The van der Waals surface area contributed by atoms with E-state index in [0.29, 0.717) is 16.7 Å². The quantitative estimate of drug-likeness (QED) is 0.657. The molecule has 1 N–H and O–H groups in total. The molecular formula is C23H14F2O3. The van der Waals surface area contributed by atoms with Crippen molar-refractivity contribution in [1.82, 2.24) is 0 Å². The van der Waals surface area contributed by atoms with Crippen LogP contribution in [0.4, 0.5) is 8.78 Å². The summed E-state index contributed by atoms with van der Waals surface area (Å²) in [6.45, 7) is 3.82. The van der Waals surface area contributed by atoms with E-state index in [-0.39, 0.29) is 17.8 Å². The Morgan fingerprint density at radius 2 is 1.64 bits per heavy atom. The molecule has 28 heavy (non-hydrogen) atoms. The van der Waals surface area contributed by atoms with Gasteiger partial charge in [-0.3, -0.25) is 0 Å². The number of hydrogen-bond donors (Lipinski definition) is 1. The first-order valence-electron chi connectivity index (χ1n) is 8.76. The van der Waals surface area contributed by atoms with E-state index in [9.17, 15) is 18.7 Å². The van der Waals surface area contributed by atoms with Crippen molar-refractivity contribution in [1.29, 1.82) is 0 Å². The number of hydrogen-bond acceptors (Lipinski definition) is 2. The van der Waals surface area contributed by atoms with E-state index in [1.165, 1.54) is 12.1 Å². The smallest absolute Gasteiger partial charge is 0.335 e. The van der Waals surface area contributed by atoms with Gasteiger partial charge < -0.3 is 9.84 Å². The van der Waals surface area contributed by atoms with Crippen molar-refractivity contribution in [2.45, 2.75) is 12.2 Å². The molecule has 3 aromatic carbocycles. The Bertz CT molecular complexity index is 1180. The molecule has 0 spiro atoms. The first-order chi connectivity index (χ1) is 13.5. The number of carboxylic acids is 1. The fourth-order valence-electron chi connectivity index (χ4n) is 4.15. The van der Waals surface area contributed by atoms with Crippen molar-refractivity contribution in [3.63, 3.8) is 0 Å². The second-order valence-corrected chi connectivity index (χ2v) is 6.94. The lowest BCUT2D eigenvalue weighted by Gasteiger charge is -2.19. The van der Waals surface area contributed by atoms with Crippen molar-refractivity contribution in [3.8, 4) is 11.1 Å². The molecule has 3 nitrogen and oxygen atoms in total. The van der Waals surface area contributed by atoms with Gasteiger partial charge >= 0.3 is 5.97 Å². The van der Waals surface area contributed by atoms with Gasteiger partial charge in [0.1, 0.15) is 23.8 Å². The number of aromatic carboxylic acids is 1. The van der Waals surface area contributed by atoms with E-state index < -0.39 is 17.6 Å². The molecular weight excluding hydrogens is 362 g/mol. The van der Waals surface area contributed by atoms with Crippen LogP contribution in [0.3, 0.4) is 0 Å². The van der Waals surface area contributed by atoms with Crippen molar-refractivity contribution in [2.75, 3.05) is 0 Å². The van der Waals surface area contributed by atoms with E-state index >= 15 is 0 Å². The Morgan fingerprint density at radius 1 is 0.929 bits per heavy atom. The molecule has 3 aromatic rings. The highest BCUT2D eigenvalue weighted by Crippen LogP contribution is 2.55. The van der Waals surface area contributed by atoms with Gasteiger partial charge in [-0.1, -0.05) is 18.7 Å². The SMILES string of the molecule is C=Cc1cc2c(cc1-c1ccc(F)cc1F)C1OC2c2cc(C(=O)O)ccc21. The van der Waals surface area contributed by atoms with Gasteiger partial charge in [0.25, 0.3) is 0 Å². The average Bonchev–Trinajstić information content (AvgIpc) is 3.23. The Balaban J connectivity index is 1.68. The van der Waals surface area contributed by atoms with Gasteiger partial charge in [0, 0.05) is 11.6 Å². The molecule has 2 atom stereocenters. The van der Waals surface area contributed by atoms with Crippen LogP contribution in [0.2, 0.25) is 0 Å². The van der Waals surface area contributed by atoms with E-state index in [2.05, 4.69) is 6.58 Å². The Labute approximate surface area is 159 Å². The van der Waals surface area contributed by atoms with Crippen LogP contribution in [0.25, 0.3) is 17.2 Å². The summed E-state index contributed by atoms with van der Waals surface area (Å²) in [6.07, 6.45) is 0.929. The Hall–Kier alpha value is -3.31. The summed E-state index contributed by atoms with van der Waals surface area (Å²) >= 11 is 0. The Kier molecular flexibility index (Phi) is 3.51. The zero-order valence-electron chi connectivity index (χ0n) is 14.6. The minimum atomic E-state index is -0.986. The molecule has 0 fully saturated rings. The molecule has 0 saturated heterocycles. The maximum atomic E-state index is 14.4. The molecule has 2 aliphatic rings. The maximum Gasteiger partial charge on any atom is 0.335 e. The molecule has 2 unspecified atom stereocenters. The fraction of sp³-hybridized carbons (Fsp3) is 0.0870. The minimum absolute atomic E-state index is 0.213. The summed E-state index contributed by atoms with van der Waals surface area (Å²) in [5.41, 5.74) is 5.41. The summed E-state index contributed by atoms with van der Waals surface area (Å²) in [7, 11) is 0. The molecule has 2 aliphatic heterocycles. The molecule has 5 heteroatoms. The number of carbonyl (C=O) groups is 1. The predicted octanol–water partition coefficient (Wildman–Crippen LogP) is 5.50. The second-order valence-electron chi connectivity index (χ2n) is 6.94. The van der Waals surface area contributed by atoms with Gasteiger partial charge in [0.15, 0.2) is 0 Å². The Morgan fingerprint density at radius 3 is 2.36 bits per heavy atom. The lowest BCUT2D eigenvalue weighted by molar-refractivity contribution is 0.0696. The highest BCUT2D eigenvalue weighted by atomic mass is 19.1. The number of benzene rings is 3. The predicted molar refractivity (Wildman–Crippen MR) is 100 cm³/mol. The lowest BCUT2D eigenvalue weighted by atomic mass is 9.82. The van der Waals surface area contributed by atoms with E-state index in [1.54, 1.807) is 24.3 Å². The number of rotatable bonds is 3. The molecule has 0 aromatic heterocycles. The number of carboxylic acid groups (broad SMARTS) is 1. The van der Waals surface area contributed by atoms with Gasteiger partial charge in [0.05, 0.1) is 5.56 Å². The zero-order chi connectivity index (χ0) is 19.6. The third-order valence-corrected chi connectivity index (χ3v) is 5.43. The van der Waals surface area contributed by atoms with Crippen molar-refractivity contribution in [3.05, 3.63) is 100 Å². The second kappa shape index (κ2) is 5.84.